The van der Waals surface area contributed by atoms with Gasteiger partial charge in [-0.1, -0.05) is 32.9 Å². The number of hydrogen-bond acceptors (Lipinski definition) is 4. The fourth-order valence-corrected chi connectivity index (χ4v) is 2.65. The van der Waals surface area contributed by atoms with Gasteiger partial charge in [0.15, 0.2) is 4.77 Å². The number of aromatic nitrogens is 3. The van der Waals surface area contributed by atoms with Crippen LogP contribution in [0.5, 0.6) is 5.75 Å². The lowest BCUT2D eigenvalue weighted by molar-refractivity contribution is 0.0949. The molecule has 23 heavy (non-hydrogen) atoms. The summed E-state index contributed by atoms with van der Waals surface area (Å²) in [4.78, 5) is 12.2. The van der Waals surface area contributed by atoms with Gasteiger partial charge < -0.3 is 15.0 Å². The van der Waals surface area contributed by atoms with E-state index in [-0.39, 0.29) is 17.6 Å². The molecule has 0 fully saturated rings. The first-order chi connectivity index (χ1) is 11.0. The van der Waals surface area contributed by atoms with Gasteiger partial charge in [0.1, 0.15) is 11.6 Å². The van der Waals surface area contributed by atoms with Crippen molar-refractivity contribution in [3.8, 4) is 5.75 Å². The second-order valence-corrected chi connectivity index (χ2v) is 6.00. The molecule has 1 aromatic heterocycles. The molecule has 0 unspecified atom stereocenters. The van der Waals surface area contributed by atoms with Gasteiger partial charge >= 0.3 is 0 Å². The van der Waals surface area contributed by atoms with Crippen LogP contribution in [-0.4, -0.2) is 32.3 Å². The number of benzene rings is 1. The Morgan fingerprint density at radius 1 is 1.48 bits per heavy atom. The molecule has 2 aromatic rings. The Labute approximate surface area is 140 Å². The Morgan fingerprint density at radius 3 is 2.87 bits per heavy atom. The molecule has 0 radical (unpaired) electrons. The molecule has 0 aliphatic carbocycles. The number of nitrogens with zero attached hydrogens (tertiary/aromatic N) is 2. The highest BCUT2D eigenvalue weighted by atomic mass is 32.1. The summed E-state index contributed by atoms with van der Waals surface area (Å²) in [6, 6.07) is 5.20. The first kappa shape index (κ1) is 17.2. The Bertz CT molecular complexity index is 749. The number of phenolic OH excluding ortho intramolecular Hbond substituents is 1. The van der Waals surface area contributed by atoms with Crippen molar-refractivity contribution in [2.75, 3.05) is 6.54 Å². The van der Waals surface area contributed by atoms with Crippen LogP contribution < -0.4 is 5.32 Å². The fourth-order valence-electron chi connectivity index (χ4n) is 2.42. The number of hydrogen-bond donors (Lipinski definition) is 3. The Kier molecular flexibility index (Phi) is 5.54. The molecule has 1 amide bonds. The van der Waals surface area contributed by atoms with E-state index in [1.807, 2.05) is 31.4 Å². The number of nitrogens with one attached hydrogen (secondary N) is 2. The van der Waals surface area contributed by atoms with Crippen LogP contribution in [0.2, 0.25) is 0 Å². The van der Waals surface area contributed by atoms with Crippen molar-refractivity contribution in [2.24, 2.45) is 0 Å². The van der Waals surface area contributed by atoms with Crippen LogP contribution in [0.25, 0.3) is 0 Å². The van der Waals surface area contributed by atoms with Crippen LogP contribution in [-0.2, 0) is 13.0 Å². The molecule has 2 rings (SSSR count). The maximum atomic E-state index is 12.2. The molecule has 7 heteroatoms. The van der Waals surface area contributed by atoms with E-state index in [0.29, 0.717) is 29.8 Å². The standard InChI is InChI=1S/C16H22N4O2S/c1-4-11-6-5-7-12(13(11)21)15(22)17-8-9-20-14(10(2)3)18-19-16(20)23/h5-7,10,21H,4,8-9H2,1-3H3,(H,17,22)(H,19,23). The van der Waals surface area contributed by atoms with Gasteiger partial charge in [0.2, 0.25) is 0 Å². The molecule has 0 saturated heterocycles. The normalized spacial score (nSPS) is 11.0. The Morgan fingerprint density at radius 2 is 2.22 bits per heavy atom. The molecule has 0 aliphatic heterocycles. The summed E-state index contributed by atoms with van der Waals surface area (Å²) in [5, 5.41) is 19.9. The fraction of sp³-hybridized carbons (Fsp3) is 0.438. The molecule has 124 valence electrons. The van der Waals surface area contributed by atoms with Crippen LogP contribution >= 0.6 is 12.2 Å². The minimum Gasteiger partial charge on any atom is -0.507 e. The topological polar surface area (TPSA) is 82.9 Å². The summed E-state index contributed by atoms with van der Waals surface area (Å²) in [7, 11) is 0. The molecular weight excluding hydrogens is 312 g/mol. The van der Waals surface area contributed by atoms with Gasteiger partial charge in [-0.15, -0.1) is 0 Å². The number of para-hydroxylation sites is 1. The molecule has 1 aromatic carbocycles. The van der Waals surface area contributed by atoms with Gasteiger partial charge in [0, 0.05) is 19.0 Å². The van der Waals surface area contributed by atoms with Gasteiger partial charge in [0.25, 0.3) is 5.91 Å². The average molecular weight is 334 g/mol. The highest BCUT2D eigenvalue weighted by molar-refractivity contribution is 7.71. The summed E-state index contributed by atoms with van der Waals surface area (Å²) in [6.45, 7) is 6.94. The maximum absolute atomic E-state index is 12.2. The van der Waals surface area contributed by atoms with E-state index in [0.717, 1.165) is 11.4 Å². The number of aryl methyl sites for hydroxylation is 1. The highest BCUT2D eigenvalue weighted by Crippen LogP contribution is 2.22. The largest absolute Gasteiger partial charge is 0.507 e. The van der Waals surface area contributed by atoms with Crippen molar-refractivity contribution >= 4 is 18.1 Å². The van der Waals surface area contributed by atoms with E-state index < -0.39 is 0 Å². The van der Waals surface area contributed by atoms with Crippen LogP contribution in [0.4, 0.5) is 0 Å². The second kappa shape index (κ2) is 7.41. The minimum absolute atomic E-state index is 0.0512. The zero-order chi connectivity index (χ0) is 17.0. The molecule has 1 heterocycles. The number of amides is 1. The molecule has 0 saturated carbocycles. The van der Waals surface area contributed by atoms with Crippen molar-refractivity contribution in [3.63, 3.8) is 0 Å². The average Bonchev–Trinajstić information content (AvgIpc) is 2.89. The third-order valence-corrected chi connectivity index (χ3v) is 3.98. The quantitative estimate of drug-likeness (QED) is 0.709. The number of rotatable bonds is 6. The summed E-state index contributed by atoms with van der Waals surface area (Å²) in [5.74, 6) is 0.859. The molecule has 3 N–H and O–H groups in total. The van der Waals surface area contributed by atoms with Gasteiger partial charge in [-0.2, -0.15) is 5.10 Å². The van der Waals surface area contributed by atoms with Gasteiger partial charge in [-0.3, -0.25) is 9.89 Å². The maximum Gasteiger partial charge on any atom is 0.255 e. The Hall–Kier alpha value is -2.15. The van der Waals surface area contributed by atoms with Crippen LogP contribution in [0, 0.1) is 4.77 Å². The smallest absolute Gasteiger partial charge is 0.255 e. The lowest BCUT2D eigenvalue weighted by Crippen LogP contribution is -2.28. The third kappa shape index (κ3) is 3.79. The summed E-state index contributed by atoms with van der Waals surface area (Å²) < 4.78 is 2.42. The molecule has 0 aliphatic rings. The number of aromatic amines is 1. The van der Waals surface area contributed by atoms with E-state index in [1.54, 1.807) is 12.1 Å². The molecule has 0 spiro atoms. The molecule has 0 bridgehead atoms. The minimum atomic E-state index is -0.293. The van der Waals surface area contributed by atoms with Gasteiger partial charge in [0.05, 0.1) is 5.56 Å². The predicted octanol–water partition coefficient (Wildman–Crippen LogP) is 2.76. The number of carbonyl (C=O) groups excluding carboxylic acids is 1. The van der Waals surface area contributed by atoms with Crippen LogP contribution in [0.3, 0.4) is 0 Å². The van der Waals surface area contributed by atoms with Crippen molar-refractivity contribution in [2.45, 2.75) is 39.7 Å². The van der Waals surface area contributed by atoms with E-state index in [4.69, 9.17) is 12.2 Å². The zero-order valence-corrected chi connectivity index (χ0v) is 14.4. The summed E-state index contributed by atoms with van der Waals surface area (Å²) >= 11 is 5.21. The molecule has 0 atom stereocenters. The molecule has 6 nitrogen and oxygen atoms in total. The predicted molar refractivity (Wildman–Crippen MR) is 91.3 cm³/mol. The molecular formula is C16H22N4O2S. The third-order valence-electron chi connectivity index (χ3n) is 3.67. The lowest BCUT2D eigenvalue weighted by atomic mass is 10.1. The second-order valence-electron chi connectivity index (χ2n) is 5.62. The number of carbonyl (C=O) groups is 1. The van der Waals surface area contributed by atoms with Crippen molar-refractivity contribution in [1.29, 1.82) is 0 Å². The summed E-state index contributed by atoms with van der Waals surface area (Å²) in [6.07, 6.45) is 0.675. The van der Waals surface area contributed by atoms with E-state index in [9.17, 15) is 9.90 Å². The van der Waals surface area contributed by atoms with E-state index >= 15 is 0 Å². The number of aromatic hydroxyl groups is 1. The van der Waals surface area contributed by atoms with Crippen LogP contribution in [0.15, 0.2) is 18.2 Å². The zero-order valence-electron chi connectivity index (χ0n) is 13.6. The lowest BCUT2D eigenvalue weighted by Gasteiger charge is -2.11. The first-order valence-corrected chi connectivity index (χ1v) is 8.10. The van der Waals surface area contributed by atoms with E-state index in [2.05, 4.69) is 15.5 Å². The van der Waals surface area contributed by atoms with Gasteiger partial charge in [-0.05, 0) is 30.3 Å². The highest BCUT2D eigenvalue weighted by Gasteiger charge is 2.14. The SMILES string of the molecule is CCc1cccc(C(=O)NCCn2c(C(C)C)n[nH]c2=S)c1O. The Balaban J connectivity index is 2.04. The van der Waals surface area contributed by atoms with Gasteiger partial charge in [-0.25, -0.2) is 0 Å². The van der Waals surface area contributed by atoms with Crippen molar-refractivity contribution in [3.05, 3.63) is 39.9 Å². The monoisotopic (exact) mass is 334 g/mol. The van der Waals surface area contributed by atoms with Crippen molar-refractivity contribution in [1.82, 2.24) is 20.1 Å². The van der Waals surface area contributed by atoms with Crippen molar-refractivity contribution < 1.29 is 9.90 Å². The van der Waals surface area contributed by atoms with Crippen LogP contribution in [0.1, 0.15) is 48.4 Å². The first-order valence-electron chi connectivity index (χ1n) is 7.69. The number of phenols is 1. The summed E-state index contributed by atoms with van der Waals surface area (Å²) in [5.41, 5.74) is 1.06. The van der Waals surface area contributed by atoms with E-state index in [1.165, 1.54) is 0 Å². The number of H-pyrrole nitrogens is 1.